The molecule has 192 valence electrons. The summed E-state index contributed by atoms with van der Waals surface area (Å²) in [5, 5.41) is 2.87. The fraction of sp³-hybridized carbons (Fsp3) is 0.462. The summed E-state index contributed by atoms with van der Waals surface area (Å²) in [5.41, 5.74) is 3.56. The maximum atomic E-state index is 13.3. The Bertz CT molecular complexity index is 1130. The molecule has 9 heteroatoms. The minimum absolute atomic E-state index is 0.0455. The van der Waals surface area contributed by atoms with E-state index in [0.717, 1.165) is 21.2 Å². The molecule has 1 N–H and O–H groups in total. The van der Waals surface area contributed by atoms with Crippen LogP contribution in [0.3, 0.4) is 0 Å². The van der Waals surface area contributed by atoms with Crippen molar-refractivity contribution in [3.8, 4) is 0 Å². The normalized spacial score (nSPS) is 12.3. The first-order valence-electron chi connectivity index (χ1n) is 11.7. The van der Waals surface area contributed by atoms with Gasteiger partial charge in [-0.05, 0) is 82.0 Å². The second-order valence-electron chi connectivity index (χ2n) is 9.19. The number of amides is 2. The molecule has 0 unspecified atom stereocenters. The van der Waals surface area contributed by atoms with Crippen LogP contribution in [-0.2, 0) is 26.2 Å². The lowest BCUT2D eigenvalue weighted by atomic mass is 10.1. The Morgan fingerprint density at radius 1 is 1.00 bits per heavy atom. The Morgan fingerprint density at radius 2 is 1.63 bits per heavy atom. The van der Waals surface area contributed by atoms with E-state index in [9.17, 15) is 18.0 Å². The molecule has 0 saturated carbocycles. The summed E-state index contributed by atoms with van der Waals surface area (Å²) < 4.78 is 27.2. The first-order valence-corrected chi connectivity index (χ1v) is 14.3. The number of sulfonamides is 1. The molecule has 0 fully saturated rings. The van der Waals surface area contributed by atoms with Gasteiger partial charge in [-0.2, -0.15) is 0 Å². The van der Waals surface area contributed by atoms with Gasteiger partial charge in [-0.3, -0.25) is 13.9 Å². The molecular weight excluding hydrogens is 530 g/mol. The van der Waals surface area contributed by atoms with Crippen molar-refractivity contribution in [3.63, 3.8) is 0 Å². The van der Waals surface area contributed by atoms with E-state index in [0.29, 0.717) is 12.1 Å². The third-order valence-corrected chi connectivity index (χ3v) is 7.52. The molecule has 0 aromatic heterocycles. The molecule has 0 radical (unpaired) electrons. The standard InChI is InChI=1S/C26H36BrN3O4S/c1-18(2)28-26(32)21(5)29(17-22-10-12-23(27)13-11-22)25(31)8-7-15-30(35(6,33)34)24-14-9-19(3)20(4)16-24/h9-14,16,18,21H,7-8,15,17H2,1-6H3,(H,28,32)/t21-/m1/s1. The molecule has 0 saturated heterocycles. The smallest absolute Gasteiger partial charge is 0.242 e. The first kappa shape index (κ1) is 28.8. The minimum Gasteiger partial charge on any atom is -0.352 e. The highest BCUT2D eigenvalue weighted by Crippen LogP contribution is 2.22. The Morgan fingerprint density at radius 3 is 2.17 bits per heavy atom. The van der Waals surface area contributed by atoms with Gasteiger partial charge in [0, 0.05) is 30.0 Å². The highest BCUT2D eigenvalue weighted by molar-refractivity contribution is 9.10. The molecule has 35 heavy (non-hydrogen) atoms. The van der Waals surface area contributed by atoms with Crippen molar-refractivity contribution >= 4 is 43.5 Å². The molecule has 2 aromatic carbocycles. The molecule has 2 rings (SSSR count). The van der Waals surface area contributed by atoms with Crippen molar-refractivity contribution in [2.24, 2.45) is 0 Å². The fourth-order valence-corrected chi connectivity index (χ4v) is 4.88. The van der Waals surface area contributed by atoms with E-state index < -0.39 is 16.1 Å². The number of rotatable bonds is 11. The van der Waals surface area contributed by atoms with Crippen molar-refractivity contribution in [2.75, 3.05) is 17.1 Å². The molecule has 1 atom stereocenters. The molecule has 7 nitrogen and oxygen atoms in total. The molecule has 0 aliphatic heterocycles. The molecule has 0 aliphatic carbocycles. The van der Waals surface area contributed by atoms with Crippen LogP contribution in [0, 0.1) is 13.8 Å². The topological polar surface area (TPSA) is 86.8 Å². The molecule has 2 aromatic rings. The minimum atomic E-state index is -3.52. The summed E-state index contributed by atoms with van der Waals surface area (Å²) in [6.45, 7) is 9.83. The average Bonchev–Trinajstić information content (AvgIpc) is 2.76. The Balaban J connectivity index is 2.18. The van der Waals surface area contributed by atoms with Crippen LogP contribution in [0.5, 0.6) is 0 Å². The van der Waals surface area contributed by atoms with Crippen molar-refractivity contribution in [1.29, 1.82) is 0 Å². The van der Waals surface area contributed by atoms with Crippen LogP contribution < -0.4 is 9.62 Å². The Kier molecular flexibility index (Phi) is 10.3. The highest BCUT2D eigenvalue weighted by atomic mass is 79.9. The summed E-state index contributed by atoms with van der Waals surface area (Å²) in [5.74, 6) is -0.425. The van der Waals surface area contributed by atoms with Gasteiger partial charge in [0.2, 0.25) is 21.8 Å². The van der Waals surface area contributed by atoms with Crippen molar-refractivity contribution in [2.45, 2.75) is 66.1 Å². The van der Waals surface area contributed by atoms with Crippen LogP contribution >= 0.6 is 15.9 Å². The maximum Gasteiger partial charge on any atom is 0.242 e. The van der Waals surface area contributed by atoms with Crippen molar-refractivity contribution in [1.82, 2.24) is 10.2 Å². The number of hydrogen-bond acceptors (Lipinski definition) is 4. The lowest BCUT2D eigenvalue weighted by Crippen LogP contribution is -2.49. The summed E-state index contributed by atoms with van der Waals surface area (Å²) in [4.78, 5) is 27.5. The van der Waals surface area contributed by atoms with E-state index in [-0.39, 0.29) is 37.4 Å². The quantitative estimate of drug-likeness (QED) is 0.433. The predicted octanol–water partition coefficient (Wildman–Crippen LogP) is 4.55. The third kappa shape index (κ3) is 8.65. The maximum absolute atomic E-state index is 13.3. The van der Waals surface area contributed by atoms with E-state index in [2.05, 4.69) is 21.2 Å². The van der Waals surface area contributed by atoms with Gasteiger partial charge in [0.05, 0.1) is 11.9 Å². The third-order valence-electron chi connectivity index (χ3n) is 5.80. The second-order valence-corrected chi connectivity index (χ2v) is 12.0. The largest absolute Gasteiger partial charge is 0.352 e. The molecule has 2 amide bonds. The van der Waals surface area contributed by atoms with Gasteiger partial charge >= 0.3 is 0 Å². The van der Waals surface area contributed by atoms with Gasteiger partial charge in [0.25, 0.3) is 0 Å². The Labute approximate surface area is 218 Å². The molecule has 0 heterocycles. The van der Waals surface area contributed by atoms with Crippen LogP contribution in [0.25, 0.3) is 0 Å². The van der Waals surface area contributed by atoms with Crippen LogP contribution in [-0.4, -0.2) is 50.0 Å². The van der Waals surface area contributed by atoms with E-state index in [1.54, 1.807) is 17.9 Å². The van der Waals surface area contributed by atoms with Crippen molar-refractivity contribution in [3.05, 3.63) is 63.6 Å². The number of carbonyl (C=O) groups excluding carboxylic acids is 2. The zero-order valence-corrected chi connectivity index (χ0v) is 23.7. The van der Waals surface area contributed by atoms with E-state index in [1.165, 1.54) is 10.6 Å². The first-order chi connectivity index (χ1) is 16.3. The van der Waals surface area contributed by atoms with E-state index in [4.69, 9.17) is 0 Å². The zero-order chi connectivity index (χ0) is 26.3. The van der Waals surface area contributed by atoms with Gasteiger partial charge in [0.1, 0.15) is 6.04 Å². The van der Waals surface area contributed by atoms with E-state index >= 15 is 0 Å². The van der Waals surface area contributed by atoms with Crippen LogP contribution in [0.2, 0.25) is 0 Å². The van der Waals surface area contributed by atoms with Gasteiger partial charge in [0.15, 0.2) is 0 Å². The number of benzene rings is 2. The summed E-state index contributed by atoms with van der Waals surface area (Å²) in [6.07, 6.45) is 1.61. The van der Waals surface area contributed by atoms with Crippen LogP contribution in [0.1, 0.15) is 50.3 Å². The van der Waals surface area contributed by atoms with Gasteiger partial charge < -0.3 is 10.2 Å². The number of nitrogens with one attached hydrogen (secondary N) is 1. The highest BCUT2D eigenvalue weighted by Gasteiger charge is 2.27. The van der Waals surface area contributed by atoms with Crippen LogP contribution in [0.4, 0.5) is 5.69 Å². The SMILES string of the molecule is Cc1ccc(N(CCCC(=O)N(Cc2ccc(Br)cc2)[C@H](C)C(=O)NC(C)C)S(C)(=O)=O)cc1C. The predicted molar refractivity (Wildman–Crippen MR) is 145 cm³/mol. The number of aryl methyl sites for hydroxylation is 2. The zero-order valence-electron chi connectivity index (χ0n) is 21.3. The average molecular weight is 567 g/mol. The van der Waals surface area contributed by atoms with Crippen molar-refractivity contribution < 1.29 is 18.0 Å². The lowest BCUT2D eigenvalue weighted by Gasteiger charge is -2.30. The number of carbonyl (C=O) groups is 2. The second kappa shape index (κ2) is 12.5. The van der Waals surface area contributed by atoms with Gasteiger partial charge in [-0.25, -0.2) is 8.42 Å². The van der Waals surface area contributed by atoms with Gasteiger partial charge in [-0.15, -0.1) is 0 Å². The molecule has 0 bridgehead atoms. The monoisotopic (exact) mass is 565 g/mol. The number of halogens is 1. The molecule has 0 spiro atoms. The summed E-state index contributed by atoms with van der Waals surface area (Å²) >= 11 is 3.41. The fourth-order valence-electron chi connectivity index (χ4n) is 3.66. The number of hydrogen-bond donors (Lipinski definition) is 1. The summed E-state index contributed by atoms with van der Waals surface area (Å²) in [7, 11) is -3.52. The lowest BCUT2D eigenvalue weighted by molar-refractivity contribution is -0.140. The molecule has 0 aliphatic rings. The number of anilines is 1. The summed E-state index contributed by atoms with van der Waals surface area (Å²) in [6, 6.07) is 12.4. The van der Waals surface area contributed by atoms with E-state index in [1.807, 2.05) is 64.1 Å². The van der Waals surface area contributed by atoms with Crippen LogP contribution in [0.15, 0.2) is 46.9 Å². The Hall–Kier alpha value is -2.39. The number of nitrogens with zero attached hydrogens (tertiary/aromatic N) is 2. The molecular formula is C26H36BrN3O4S. The van der Waals surface area contributed by atoms with Gasteiger partial charge in [-0.1, -0.05) is 34.1 Å².